The molecule has 0 bridgehead atoms. The first-order valence-electron chi connectivity index (χ1n) is 6.80. The Morgan fingerprint density at radius 3 is 2.44 bits per heavy atom. The number of hydrogen-bond acceptors (Lipinski definition) is 5. The first-order chi connectivity index (χ1) is 8.68. The highest BCUT2D eigenvalue weighted by molar-refractivity contribution is 4.99. The van der Waals surface area contributed by atoms with E-state index in [0.29, 0.717) is 6.54 Å². The summed E-state index contributed by atoms with van der Waals surface area (Å²) >= 11 is 0. The Morgan fingerprint density at radius 1 is 1.22 bits per heavy atom. The van der Waals surface area contributed by atoms with Crippen LogP contribution >= 0.6 is 0 Å². The molecule has 2 N–H and O–H groups in total. The standard InChI is InChI=1S/C13H29N3O2/c1-15-7-5-13(11-14,12-15)16(8-10-18-3)6-4-9-17-2/h4-12,14H2,1-3H3. The van der Waals surface area contributed by atoms with Crippen molar-refractivity contribution in [2.75, 3.05) is 67.2 Å². The van der Waals surface area contributed by atoms with E-state index in [1.54, 1.807) is 14.2 Å². The van der Waals surface area contributed by atoms with Gasteiger partial charge in [-0.1, -0.05) is 0 Å². The van der Waals surface area contributed by atoms with Crippen LogP contribution in [0.2, 0.25) is 0 Å². The average Bonchev–Trinajstić information content (AvgIpc) is 2.76. The van der Waals surface area contributed by atoms with Crippen LogP contribution in [0.5, 0.6) is 0 Å². The van der Waals surface area contributed by atoms with Gasteiger partial charge < -0.3 is 20.1 Å². The van der Waals surface area contributed by atoms with Crippen molar-refractivity contribution in [2.24, 2.45) is 5.73 Å². The molecule has 0 aromatic rings. The maximum Gasteiger partial charge on any atom is 0.0589 e. The monoisotopic (exact) mass is 259 g/mol. The third kappa shape index (κ3) is 4.17. The molecule has 5 nitrogen and oxygen atoms in total. The Bertz CT molecular complexity index is 228. The molecule has 0 radical (unpaired) electrons. The molecule has 1 heterocycles. The molecule has 1 aliphatic rings. The number of likely N-dealkylation sites (tertiary alicyclic amines) is 1. The Labute approximate surface area is 111 Å². The summed E-state index contributed by atoms with van der Waals surface area (Å²) in [6, 6.07) is 0. The predicted octanol–water partition coefficient (Wildman–Crippen LogP) is 0.00430. The normalized spacial score (nSPS) is 25.2. The molecule has 18 heavy (non-hydrogen) atoms. The molecule has 1 rings (SSSR count). The zero-order valence-electron chi connectivity index (χ0n) is 12.2. The summed E-state index contributed by atoms with van der Waals surface area (Å²) < 4.78 is 10.4. The molecule has 1 atom stereocenters. The first kappa shape index (κ1) is 15.9. The fourth-order valence-corrected chi connectivity index (χ4v) is 2.80. The van der Waals surface area contributed by atoms with E-state index in [-0.39, 0.29) is 5.54 Å². The molecule has 1 fully saturated rings. The molecule has 0 aromatic heterocycles. The van der Waals surface area contributed by atoms with Crippen LogP contribution in [0, 0.1) is 0 Å². The molecule has 1 unspecified atom stereocenters. The smallest absolute Gasteiger partial charge is 0.0589 e. The lowest BCUT2D eigenvalue weighted by atomic mass is 9.95. The fraction of sp³-hybridized carbons (Fsp3) is 1.00. The van der Waals surface area contributed by atoms with Gasteiger partial charge in [-0.2, -0.15) is 0 Å². The third-order valence-electron chi connectivity index (χ3n) is 3.92. The second-order valence-electron chi connectivity index (χ2n) is 5.24. The number of ether oxygens (including phenoxy) is 2. The maximum atomic E-state index is 6.07. The number of likely N-dealkylation sites (N-methyl/N-ethyl adjacent to an activating group) is 1. The SMILES string of the molecule is COCCCN(CCOC)C1(CN)CCN(C)C1. The molecule has 0 aliphatic carbocycles. The van der Waals surface area contributed by atoms with Gasteiger partial charge in [0, 0.05) is 52.5 Å². The molecule has 0 aromatic carbocycles. The topological polar surface area (TPSA) is 51.0 Å². The zero-order valence-corrected chi connectivity index (χ0v) is 12.2. The number of methoxy groups -OCH3 is 2. The molecule has 0 saturated carbocycles. The molecule has 0 spiro atoms. The Balaban J connectivity index is 2.59. The minimum absolute atomic E-state index is 0.126. The van der Waals surface area contributed by atoms with Gasteiger partial charge in [0.25, 0.3) is 0 Å². The van der Waals surface area contributed by atoms with Crippen molar-refractivity contribution in [3.05, 3.63) is 0 Å². The van der Waals surface area contributed by atoms with Gasteiger partial charge in [-0.05, 0) is 26.4 Å². The van der Waals surface area contributed by atoms with E-state index < -0.39 is 0 Å². The van der Waals surface area contributed by atoms with Gasteiger partial charge in [0.1, 0.15) is 0 Å². The zero-order chi connectivity index (χ0) is 13.4. The van der Waals surface area contributed by atoms with Gasteiger partial charge in [0.15, 0.2) is 0 Å². The predicted molar refractivity (Wildman–Crippen MR) is 73.8 cm³/mol. The summed E-state index contributed by atoms with van der Waals surface area (Å²) in [4.78, 5) is 4.86. The van der Waals surface area contributed by atoms with Crippen molar-refractivity contribution in [3.63, 3.8) is 0 Å². The summed E-state index contributed by atoms with van der Waals surface area (Å²) in [5, 5.41) is 0. The molecular weight excluding hydrogens is 230 g/mol. The lowest BCUT2D eigenvalue weighted by Crippen LogP contribution is -2.56. The summed E-state index contributed by atoms with van der Waals surface area (Å²) in [5.74, 6) is 0. The van der Waals surface area contributed by atoms with Gasteiger partial charge in [-0.25, -0.2) is 0 Å². The van der Waals surface area contributed by atoms with E-state index in [1.165, 1.54) is 0 Å². The van der Waals surface area contributed by atoms with Crippen LogP contribution in [-0.2, 0) is 9.47 Å². The largest absolute Gasteiger partial charge is 0.385 e. The molecule has 1 aliphatic heterocycles. The van der Waals surface area contributed by atoms with Crippen LogP contribution in [0.3, 0.4) is 0 Å². The van der Waals surface area contributed by atoms with E-state index >= 15 is 0 Å². The van der Waals surface area contributed by atoms with Crippen molar-refractivity contribution >= 4 is 0 Å². The van der Waals surface area contributed by atoms with Gasteiger partial charge in [0.05, 0.1) is 6.61 Å². The first-order valence-corrected chi connectivity index (χ1v) is 6.80. The quantitative estimate of drug-likeness (QED) is 0.591. The van der Waals surface area contributed by atoms with Crippen LogP contribution in [0.4, 0.5) is 0 Å². The van der Waals surface area contributed by atoms with Gasteiger partial charge in [-0.3, -0.25) is 4.90 Å². The number of rotatable bonds is 9. The minimum atomic E-state index is 0.126. The van der Waals surface area contributed by atoms with Gasteiger partial charge >= 0.3 is 0 Å². The van der Waals surface area contributed by atoms with E-state index in [4.69, 9.17) is 15.2 Å². The highest BCUT2D eigenvalue weighted by Crippen LogP contribution is 2.26. The van der Waals surface area contributed by atoms with Crippen LogP contribution < -0.4 is 5.73 Å². The number of nitrogens with zero attached hydrogens (tertiary/aromatic N) is 2. The minimum Gasteiger partial charge on any atom is -0.385 e. The lowest BCUT2D eigenvalue weighted by molar-refractivity contribution is 0.0569. The molecular formula is C13H29N3O2. The highest BCUT2D eigenvalue weighted by atomic mass is 16.5. The van der Waals surface area contributed by atoms with Crippen molar-refractivity contribution < 1.29 is 9.47 Å². The van der Waals surface area contributed by atoms with E-state index in [9.17, 15) is 0 Å². The van der Waals surface area contributed by atoms with Crippen molar-refractivity contribution in [3.8, 4) is 0 Å². The molecule has 5 heteroatoms. The second kappa shape index (κ2) is 8.07. The molecule has 1 saturated heterocycles. The van der Waals surface area contributed by atoms with Crippen LogP contribution in [0.15, 0.2) is 0 Å². The average molecular weight is 259 g/mol. The third-order valence-corrected chi connectivity index (χ3v) is 3.92. The fourth-order valence-electron chi connectivity index (χ4n) is 2.80. The van der Waals surface area contributed by atoms with Crippen molar-refractivity contribution in [2.45, 2.75) is 18.4 Å². The Hall–Kier alpha value is -0.200. The lowest BCUT2D eigenvalue weighted by Gasteiger charge is -2.40. The van der Waals surface area contributed by atoms with E-state index in [0.717, 1.165) is 52.2 Å². The van der Waals surface area contributed by atoms with E-state index in [2.05, 4.69) is 16.8 Å². The summed E-state index contributed by atoms with van der Waals surface area (Å²) in [5.41, 5.74) is 6.19. The van der Waals surface area contributed by atoms with Crippen LogP contribution in [0.25, 0.3) is 0 Å². The van der Waals surface area contributed by atoms with E-state index in [1.807, 2.05) is 0 Å². The number of nitrogens with two attached hydrogens (primary N) is 1. The number of hydrogen-bond donors (Lipinski definition) is 1. The Kier molecular flexibility index (Phi) is 7.11. The van der Waals surface area contributed by atoms with Crippen LogP contribution in [0.1, 0.15) is 12.8 Å². The van der Waals surface area contributed by atoms with Gasteiger partial charge in [-0.15, -0.1) is 0 Å². The highest BCUT2D eigenvalue weighted by Gasteiger charge is 2.40. The van der Waals surface area contributed by atoms with Gasteiger partial charge in [0.2, 0.25) is 0 Å². The summed E-state index contributed by atoms with van der Waals surface area (Å²) in [6.07, 6.45) is 2.20. The molecule has 108 valence electrons. The second-order valence-corrected chi connectivity index (χ2v) is 5.24. The Morgan fingerprint density at radius 2 is 1.94 bits per heavy atom. The summed E-state index contributed by atoms with van der Waals surface area (Å²) in [7, 11) is 5.67. The van der Waals surface area contributed by atoms with Crippen molar-refractivity contribution in [1.82, 2.24) is 9.80 Å². The van der Waals surface area contributed by atoms with Crippen molar-refractivity contribution in [1.29, 1.82) is 0 Å². The maximum absolute atomic E-state index is 6.07. The van der Waals surface area contributed by atoms with Crippen LogP contribution in [-0.4, -0.2) is 82.5 Å². The molecule has 0 amide bonds. The summed E-state index contributed by atoms with van der Waals surface area (Å²) in [6.45, 7) is 6.45.